The van der Waals surface area contributed by atoms with E-state index >= 15 is 0 Å². The number of pyridine rings is 1. The van der Waals surface area contributed by atoms with Crippen molar-refractivity contribution in [2.75, 3.05) is 13.1 Å². The molecule has 1 amide bonds. The minimum atomic E-state index is -0.712. The summed E-state index contributed by atoms with van der Waals surface area (Å²) in [4.78, 5) is 21.0. The fourth-order valence-electron chi connectivity index (χ4n) is 5.13. The SMILES string of the molecule is CC(C)(C)NC(=O)[C@@H]1C[C@H](Sc2ccncc2)CCN1C[C@@H](O)[C@H](Cc1ccccc1)NCc1ccc(Cl)cc1Cl. The Kier molecular flexibility index (Phi) is 11.5. The standard InChI is InChI=1S/C32H40Cl2N4O2S/c1-32(2,3)37-31(40)29-19-26(41-25-11-14-35-15-12-25)13-16-38(29)21-30(39)28(17-22-7-5-4-6-8-22)36-20-23-9-10-24(33)18-27(23)34/h4-12,14-15,18,26,28-30,36,39H,13,16-17,19-21H2,1-3H3,(H,37,40)/t26-,28+,29+,30-/m1/s1. The van der Waals surface area contributed by atoms with Crippen LogP contribution >= 0.6 is 35.0 Å². The number of carbonyl (C=O) groups excluding carboxylic acids is 1. The second kappa shape index (κ2) is 14.9. The van der Waals surface area contributed by atoms with Gasteiger partial charge in [0.05, 0.1) is 12.1 Å². The van der Waals surface area contributed by atoms with Gasteiger partial charge in [-0.25, -0.2) is 0 Å². The van der Waals surface area contributed by atoms with Crippen molar-refractivity contribution in [3.05, 3.63) is 94.2 Å². The number of likely N-dealkylation sites (tertiary alicyclic amines) is 1. The number of benzene rings is 2. The van der Waals surface area contributed by atoms with Gasteiger partial charge in [0.1, 0.15) is 0 Å². The zero-order valence-electron chi connectivity index (χ0n) is 23.9. The van der Waals surface area contributed by atoms with Gasteiger partial charge in [-0.05, 0) is 75.4 Å². The summed E-state index contributed by atoms with van der Waals surface area (Å²) in [6.45, 7) is 7.59. The highest BCUT2D eigenvalue weighted by Gasteiger charge is 2.37. The molecular formula is C32H40Cl2N4O2S. The summed E-state index contributed by atoms with van der Waals surface area (Å²) >= 11 is 14.3. The molecule has 0 spiro atoms. The van der Waals surface area contributed by atoms with Crippen molar-refractivity contribution in [1.82, 2.24) is 20.5 Å². The number of β-amino-alcohol motifs (C(OH)–C–C–N with tert-alkyl or cyclic N) is 1. The lowest BCUT2D eigenvalue weighted by Crippen LogP contribution is -2.58. The number of aliphatic hydroxyl groups excluding tert-OH is 1. The molecule has 9 heteroatoms. The van der Waals surface area contributed by atoms with Crippen LogP contribution < -0.4 is 10.6 Å². The first kappa shape index (κ1) is 31.8. The molecule has 1 saturated heterocycles. The van der Waals surface area contributed by atoms with Gasteiger partial charge in [-0.15, -0.1) is 11.8 Å². The lowest BCUT2D eigenvalue weighted by Gasteiger charge is -2.41. The third-order valence-electron chi connectivity index (χ3n) is 7.17. The van der Waals surface area contributed by atoms with Gasteiger partial charge in [0, 0.05) is 63.8 Å². The van der Waals surface area contributed by atoms with Crippen molar-refractivity contribution in [1.29, 1.82) is 0 Å². The molecular weight excluding hydrogens is 575 g/mol. The van der Waals surface area contributed by atoms with Crippen LogP contribution in [0.15, 0.2) is 78.0 Å². The van der Waals surface area contributed by atoms with E-state index in [1.807, 2.05) is 63.2 Å². The van der Waals surface area contributed by atoms with Crippen molar-refractivity contribution >= 4 is 40.9 Å². The molecule has 1 aromatic heterocycles. The van der Waals surface area contributed by atoms with E-state index in [0.29, 0.717) is 41.2 Å². The lowest BCUT2D eigenvalue weighted by molar-refractivity contribution is -0.129. The van der Waals surface area contributed by atoms with Gasteiger partial charge in [0.2, 0.25) is 5.91 Å². The molecule has 0 aliphatic carbocycles. The zero-order chi connectivity index (χ0) is 29.4. The highest BCUT2D eigenvalue weighted by Crippen LogP contribution is 2.33. The number of nitrogens with one attached hydrogen (secondary N) is 2. The van der Waals surface area contributed by atoms with Crippen LogP contribution in [0.2, 0.25) is 10.0 Å². The molecule has 220 valence electrons. The van der Waals surface area contributed by atoms with Crippen LogP contribution in [0.4, 0.5) is 0 Å². The molecule has 3 N–H and O–H groups in total. The number of aliphatic hydroxyl groups is 1. The Balaban J connectivity index is 1.49. The molecule has 2 heterocycles. The minimum absolute atomic E-state index is 0.00485. The summed E-state index contributed by atoms with van der Waals surface area (Å²) < 4.78 is 0. The summed E-state index contributed by atoms with van der Waals surface area (Å²) in [7, 11) is 0. The molecule has 3 aromatic rings. The van der Waals surface area contributed by atoms with Crippen molar-refractivity contribution in [3.63, 3.8) is 0 Å². The smallest absolute Gasteiger partial charge is 0.237 e. The van der Waals surface area contributed by atoms with Crippen molar-refractivity contribution in [2.24, 2.45) is 0 Å². The zero-order valence-corrected chi connectivity index (χ0v) is 26.2. The van der Waals surface area contributed by atoms with Gasteiger partial charge >= 0.3 is 0 Å². The molecule has 1 aliphatic heterocycles. The molecule has 4 atom stereocenters. The van der Waals surface area contributed by atoms with Crippen molar-refractivity contribution < 1.29 is 9.90 Å². The quantitative estimate of drug-likeness (QED) is 0.246. The van der Waals surface area contributed by atoms with Crippen LogP contribution in [0, 0.1) is 0 Å². The van der Waals surface area contributed by atoms with E-state index in [0.717, 1.165) is 29.0 Å². The van der Waals surface area contributed by atoms with Crippen LogP contribution in [0.3, 0.4) is 0 Å². The maximum atomic E-state index is 13.5. The van der Waals surface area contributed by atoms with Crippen molar-refractivity contribution in [2.45, 2.75) is 80.5 Å². The largest absolute Gasteiger partial charge is 0.390 e. The van der Waals surface area contributed by atoms with Gasteiger partial charge in [-0.3, -0.25) is 14.7 Å². The number of aromatic nitrogens is 1. The van der Waals surface area contributed by atoms with E-state index in [2.05, 4.69) is 32.7 Å². The van der Waals surface area contributed by atoms with Crippen LogP contribution in [-0.2, 0) is 17.8 Å². The number of thioether (sulfide) groups is 1. The van der Waals surface area contributed by atoms with Crippen LogP contribution in [0.5, 0.6) is 0 Å². The molecule has 41 heavy (non-hydrogen) atoms. The number of piperidine rings is 1. The Bertz CT molecular complexity index is 1260. The molecule has 4 rings (SSSR count). The fourth-order valence-corrected chi connectivity index (χ4v) is 6.77. The van der Waals surface area contributed by atoms with E-state index in [1.165, 1.54) is 0 Å². The molecule has 0 bridgehead atoms. The Morgan fingerprint density at radius 1 is 1.12 bits per heavy atom. The predicted molar refractivity (Wildman–Crippen MR) is 170 cm³/mol. The van der Waals surface area contributed by atoms with Crippen LogP contribution in [0.25, 0.3) is 0 Å². The van der Waals surface area contributed by atoms with Crippen LogP contribution in [-0.4, -0.2) is 63.0 Å². The summed E-state index contributed by atoms with van der Waals surface area (Å²) in [6, 6.07) is 19.0. The maximum Gasteiger partial charge on any atom is 0.237 e. The van der Waals surface area contributed by atoms with Gasteiger partial charge in [-0.1, -0.05) is 59.6 Å². The number of hydrogen-bond acceptors (Lipinski definition) is 6. The van der Waals surface area contributed by atoms with E-state index in [-0.39, 0.29) is 23.5 Å². The number of nitrogens with zero attached hydrogens (tertiary/aromatic N) is 2. The average Bonchev–Trinajstić information content (AvgIpc) is 2.93. The molecule has 2 aromatic carbocycles. The summed E-state index contributed by atoms with van der Waals surface area (Å²) in [6.07, 6.45) is 5.16. The Labute approximate surface area is 258 Å². The maximum absolute atomic E-state index is 13.5. The predicted octanol–water partition coefficient (Wildman–Crippen LogP) is 5.99. The van der Waals surface area contributed by atoms with Gasteiger partial charge in [-0.2, -0.15) is 0 Å². The third kappa shape index (κ3) is 9.98. The summed E-state index contributed by atoms with van der Waals surface area (Å²) in [5.41, 5.74) is 1.69. The number of amides is 1. The Morgan fingerprint density at radius 3 is 2.54 bits per heavy atom. The van der Waals surface area contributed by atoms with Gasteiger partial charge < -0.3 is 15.7 Å². The number of carbonyl (C=O) groups is 1. The lowest BCUT2D eigenvalue weighted by atomic mass is 9.96. The van der Waals surface area contributed by atoms with E-state index in [9.17, 15) is 9.90 Å². The van der Waals surface area contributed by atoms with Crippen molar-refractivity contribution in [3.8, 4) is 0 Å². The number of hydrogen-bond donors (Lipinski definition) is 3. The number of rotatable bonds is 11. The van der Waals surface area contributed by atoms with Gasteiger partial charge in [0.15, 0.2) is 0 Å². The average molecular weight is 616 g/mol. The summed E-state index contributed by atoms with van der Waals surface area (Å²) in [5.74, 6) is 0.00485. The first-order valence-corrected chi connectivity index (χ1v) is 15.7. The topological polar surface area (TPSA) is 77.5 Å². The first-order valence-electron chi connectivity index (χ1n) is 14.1. The molecule has 1 aliphatic rings. The molecule has 0 saturated carbocycles. The molecule has 0 unspecified atom stereocenters. The third-order valence-corrected chi connectivity index (χ3v) is 9.07. The fraction of sp³-hybridized carbons (Fsp3) is 0.438. The van der Waals surface area contributed by atoms with Crippen LogP contribution in [0.1, 0.15) is 44.7 Å². The minimum Gasteiger partial charge on any atom is -0.390 e. The Morgan fingerprint density at radius 2 is 1.85 bits per heavy atom. The Hall–Kier alpha value is -2.13. The molecule has 1 fully saturated rings. The van der Waals surface area contributed by atoms with E-state index < -0.39 is 6.10 Å². The highest BCUT2D eigenvalue weighted by atomic mass is 35.5. The normalized spacial score (nSPS) is 19.5. The van der Waals surface area contributed by atoms with E-state index in [1.54, 1.807) is 30.2 Å². The molecule has 6 nitrogen and oxygen atoms in total. The summed E-state index contributed by atoms with van der Waals surface area (Å²) in [5, 5.41) is 19.8. The first-order chi connectivity index (χ1) is 19.6. The second-order valence-electron chi connectivity index (χ2n) is 11.7. The highest BCUT2D eigenvalue weighted by molar-refractivity contribution is 8.00. The second-order valence-corrected chi connectivity index (χ2v) is 13.9. The number of halogens is 2. The molecule has 0 radical (unpaired) electrons. The van der Waals surface area contributed by atoms with Gasteiger partial charge in [0.25, 0.3) is 0 Å². The monoisotopic (exact) mass is 614 g/mol. The van der Waals surface area contributed by atoms with E-state index in [4.69, 9.17) is 23.2 Å².